The molecule has 0 spiro atoms. The molecule has 79 valence electrons. The molecule has 0 aromatic carbocycles. The van der Waals surface area contributed by atoms with Crippen molar-refractivity contribution in [3.05, 3.63) is 6.04 Å². The van der Waals surface area contributed by atoms with Gasteiger partial charge in [-0.1, -0.05) is 19.8 Å². The summed E-state index contributed by atoms with van der Waals surface area (Å²) >= 11 is 0. The average Bonchev–Trinajstić information content (AvgIpc) is 2.17. The van der Waals surface area contributed by atoms with Crippen molar-refractivity contribution in [3.8, 4) is 0 Å². The first-order chi connectivity index (χ1) is 6.24. The third-order valence-corrected chi connectivity index (χ3v) is 4.48. The van der Waals surface area contributed by atoms with Crippen molar-refractivity contribution in [2.45, 2.75) is 33.1 Å². The highest BCUT2D eigenvalue weighted by atomic mass is 28.4. The van der Waals surface area contributed by atoms with E-state index >= 15 is 0 Å². The van der Waals surface area contributed by atoms with Gasteiger partial charge in [-0.25, -0.2) is 0 Å². The Balaban J connectivity index is 3.89. The van der Waals surface area contributed by atoms with E-state index in [1.807, 2.05) is 6.92 Å². The monoisotopic (exact) mass is 205 g/mol. The molecule has 0 amide bonds. The van der Waals surface area contributed by atoms with E-state index in [-0.39, 0.29) is 0 Å². The van der Waals surface area contributed by atoms with Crippen LogP contribution >= 0.6 is 0 Å². The van der Waals surface area contributed by atoms with E-state index in [9.17, 15) is 0 Å². The molecule has 0 aliphatic rings. The summed E-state index contributed by atoms with van der Waals surface area (Å²) in [6.45, 7) is 4.75. The molecule has 0 saturated heterocycles. The maximum atomic E-state index is 5.51. The third kappa shape index (κ3) is 4.76. The molecular weight excluding hydrogens is 184 g/mol. The lowest BCUT2D eigenvalue weighted by molar-refractivity contribution is 0.112. The molecule has 0 heterocycles. The van der Waals surface area contributed by atoms with Crippen LogP contribution in [0.15, 0.2) is 0 Å². The molecule has 0 aliphatic heterocycles. The van der Waals surface area contributed by atoms with Crippen LogP contribution in [0.5, 0.6) is 0 Å². The third-order valence-electron chi connectivity index (χ3n) is 1.87. The summed E-state index contributed by atoms with van der Waals surface area (Å²) in [6.07, 6.45) is 3.35. The molecule has 0 atom stereocenters. The highest BCUT2D eigenvalue weighted by Gasteiger charge is 2.37. The molecule has 3 nitrogen and oxygen atoms in total. The first kappa shape index (κ1) is 13.1. The van der Waals surface area contributed by atoms with Gasteiger partial charge in [-0.15, -0.1) is 0 Å². The van der Waals surface area contributed by atoms with Crippen LogP contribution in [0.4, 0.5) is 0 Å². The minimum atomic E-state index is -2.41. The Labute approximate surface area is 82.8 Å². The second-order valence-electron chi connectivity index (χ2n) is 2.79. The van der Waals surface area contributed by atoms with Gasteiger partial charge in [0.1, 0.15) is 0 Å². The van der Waals surface area contributed by atoms with E-state index in [0.29, 0.717) is 6.61 Å². The van der Waals surface area contributed by atoms with Gasteiger partial charge in [-0.3, -0.25) is 0 Å². The summed E-state index contributed by atoms with van der Waals surface area (Å²) in [6, 6.07) is 2.07. The Kier molecular flexibility index (Phi) is 7.55. The molecule has 0 fully saturated rings. The van der Waals surface area contributed by atoms with Crippen molar-refractivity contribution < 1.29 is 13.3 Å². The molecule has 0 saturated carbocycles. The van der Waals surface area contributed by atoms with Crippen LogP contribution < -0.4 is 0 Å². The van der Waals surface area contributed by atoms with Gasteiger partial charge < -0.3 is 13.3 Å². The molecule has 0 N–H and O–H groups in total. The molecule has 0 bridgehead atoms. The fourth-order valence-corrected chi connectivity index (χ4v) is 2.92. The van der Waals surface area contributed by atoms with Crippen LogP contribution in [0.3, 0.4) is 0 Å². The van der Waals surface area contributed by atoms with Crippen LogP contribution in [0, 0.1) is 6.04 Å². The largest absolute Gasteiger partial charge is 0.503 e. The molecule has 4 heteroatoms. The molecule has 0 aliphatic carbocycles. The van der Waals surface area contributed by atoms with Crippen molar-refractivity contribution in [1.82, 2.24) is 0 Å². The summed E-state index contributed by atoms with van der Waals surface area (Å²) in [7, 11) is 0.888. The quantitative estimate of drug-likeness (QED) is 0.449. The second-order valence-corrected chi connectivity index (χ2v) is 5.51. The predicted octanol–water partition coefficient (Wildman–Crippen LogP) is 2.19. The highest BCUT2D eigenvalue weighted by Crippen LogP contribution is 2.15. The van der Waals surface area contributed by atoms with E-state index in [0.717, 1.165) is 12.8 Å². The first-order valence-electron chi connectivity index (χ1n) is 4.83. The molecule has 0 rings (SSSR count). The topological polar surface area (TPSA) is 27.7 Å². The number of hydrogen-bond donors (Lipinski definition) is 0. The van der Waals surface area contributed by atoms with Crippen molar-refractivity contribution in [3.63, 3.8) is 0 Å². The predicted molar refractivity (Wildman–Crippen MR) is 55.2 cm³/mol. The summed E-state index contributed by atoms with van der Waals surface area (Å²) < 4.78 is 16.1. The standard InChI is InChI=1S/C9H21O3Si/c1-5-7-8-9-13(10-3,11-4)12-6-2/h9H,5-8H2,1-4H3. The highest BCUT2D eigenvalue weighted by molar-refractivity contribution is 6.64. The van der Waals surface area contributed by atoms with Gasteiger partial charge in [0.2, 0.25) is 0 Å². The molecule has 13 heavy (non-hydrogen) atoms. The Morgan fingerprint density at radius 3 is 2.15 bits per heavy atom. The van der Waals surface area contributed by atoms with Gasteiger partial charge in [-0.2, -0.15) is 0 Å². The van der Waals surface area contributed by atoms with E-state index in [1.165, 1.54) is 6.42 Å². The molecule has 0 unspecified atom stereocenters. The van der Waals surface area contributed by atoms with Crippen molar-refractivity contribution in [1.29, 1.82) is 0 Å². The van der Waals surface area contributed by atoms with Crippen LogP contribution in [-0.4, -0.2) is 29.6 Å². The van der Waals surface area contributed by atoms with Crippen LogP contribution in [0.25, 0.3) is 0 Å². The van der Waals surface area contributed by atoms with E-state index in [4.69, 9.17) is 13.3 Å². The SMILES string of the molecule is CCCC[CH][Si](OC)(OC)OCC. The summed E-state index contributed by atoms with van der Waals surface area (Å²) in [5, 5.41) is 0. The Bertz CT molecular complexity index is 115. The number of rotatable bonds is 8. The maximum Gasteiger partial charge on any atom is 0.503 e. The van der Waals surface area contributed by atoms with Crippen LogP contribution in [-0.2, 0) is 13.3 Å². The normalized spacial score (nSPS) is 12.0. The average molecular weight is 205 g/mol. The fraction of sp³-hybridized carbons (Fsp3) is 0.889. The Morgan fingerprint density at radius 1 is 1.15 bits per heavy atom. The molecule has 0 aromatic heterocycles. The summed E-state index contributed by atoms with van der Waals surface area (Å²) in [5.41, 5.74) is 0. The lowest BCUT2D eigenvalue weighted by atomic mass is 10.3. The van der Waals surface area contributed by atoms with E-state index in [2.05, 4.69) is 13.0 Å². The van der Waals surface area contributed by atoms with Gasteiger partial charge in [0.15, 0.2) is 0 Å². The number of hydrogen-bond acceptors (Lipinski definition) is 3. The van der Waals surface area contributed by atoms with Crippen molar-refractivity contribution in [2.75, 3.05) is 20.8 Å². The van der Waals surface area contributed by atoms with Crippen molar-refractivity contribution >= 4 is 8.80 Å². The first-order valence-corrected chi connectivity index (χ1v) is 6.63. The van der Waals surface area contributed by atoms with Crippen molar-refractivity contribution in [2.24, 2.45) is 0 Å². The van der Waals surface area contributed by atoms with Gasteiger partial charge in [0.05, 0.1) is 0 Å². The summed E-state index contributed by atoms with van der Waals surface area (Å²) in [4.78, 5) is 0. The molecule has 1 radical (unpaired) electrons. The van der Waals surface area contributed by atoms with Crippen LogP contribution in [0.1, 0.15) is 33.1 Å². The van der Waals surface area contributed by atoms with Crippen LogP contribution in [0.2, 0.25) is 0 Å². The molecule has 0 aromatic rings. The number of unbranched alkanes of at least 4 members (excludes halogenated alkanes) is 2. The zero-order valence-corrected chi connectivity index (χ0v) is 10.1. The molecular formula is C9H21O3Si. The zero-order chi connectivity index (χ0) is 10.2. The van der Waals surface area contributed by atoms with Gasteiger partial charge >= 0.3 is 8.80 Å². The van der Waals surface area contributed by atoms with Gasteiger partial charge in [-0.05, 0) is 13.3 Å². The maximum absolute atomic E-state index is 5.51. The van der Waals surface area contributed by atoms with E-state index in [1.54, 1.807) is 14.2 Å². The second kappa shape index (κ2) is 7.50. The van der Waals surface area contributed by atoms with Gasteiger partial charge in [0.25, 0.3) is 0 Å². The lowest BCUT2D eigenvalue weighted by Gasteiger charge is -2.25. The minimum Gasteiger partial charge on any atom is -0.377 e. The lowest BCUT2D eigenvalue weighted by Crippen LogP contribution is -2.44. The summed E-state index contributed by atoms with van der Waals surface area (Å²) in [5.74, 6) is 0. The Hall–Kier alpha value is 0.0969. The zero-order valence-electron chi connectivity index (χ0n) is 9.13. The minimum absolute atomic E-state index is 0.635. The fourth-order valence-electron chi connectivity index (χ4n) is 1.11. The van der Waals surface area contributed by atoms with E-state index < -0.39 is 8.80 Å². The smallest absolute Gasteiger partial charge is 0.377 e. The Morgan fingerprint density at radius 2 is 1.77 bits per heavy atom. The van der Waals surface area contributed by atoms with Gasteiger partial charge in [0, 0.05) is 26.9 Å².